The van der Waals surface area contributed by atoms with Gasteiger partial charge < -0.3 is 9.64 Å². The SMILES string of the molecule is CC(c1ccccc1)(C(OCC1CC1)c1ccccc1)N1CCCC1=O. The molecule has 1 aliphatic heterocycles. The second-order valence-corrected chi connectivity index (χ2v) is 7.73. The van der Waals surface area contributed by atoms with Crippen LogP contribution in [0.1, 0.15) is 49.8 Å². The Balaban J connectivity index is 1.78. The number of likely N-dealkylation sites (tertiary alicyclic amines) is 1. The number of benzene rings is 2. The van der Waals surface area contributed by atoms with Gasteiger partial charge in [-0.25, -0.2) is 0 Å². The van der Waals surface area contributed by atoms with E-state index < -0.39 is 5.54 Å². The number of nitrogens with zero attached hydrogens (tertiary/aromatic N) is 1. The lowest BCUT2D eigenvalue weighted by atomic mass is 9.81. The molecule has 2 aliphatic rings. The van der Waals surface area contributed by atoms with Crippen LogP contribution >= 0.6 is 0 Å². The molecule has 3 heteroatoms. The van der Waals surface area contributed by atoms with Gasteiger partial charge in [-0.2, -0.15) is 0 Å². The minimum atomic E-state index is -0.509. The molecule has 0 aromatic heterocycles. The molecule has 1 saturated heterocycles. The number of carbonyl (C=O) groups is 1. The standard InChI is InChI=1S/C23H27NO2/c1-23(20-11-6-3-7-12-20,24-16-8-13-21(24)25)22(26-17-18-14-15-18)19-9-4-2-5-10-19/h2-7,9-12,18,22H,8,13-17H2,1H3. The Labute approximate surface area is 156 Å². The summed E-state index contributed by atoms with van der Waals surface area (Å²) in [5.41, 5.74) is 1.77. The normalized spacial score (nSPS) is 20.8. The number of hydrogen-bond donors (Lipinski definition) is 0. The highest BCUT2D eigenvalue weighted by Gasteiger charge is 2.47. The van der Waals surface area contributed by atoms with Crippen molar-refractivity contribution < 1.29 is 9.53 Å². The van der Waals surface area contributed by atoms with Gasteiger partial charge >= 0.3 is 0 Å². The van der Waals surface area contributed by atoms with Crippen molar-refractivity contribution in [2.45, 2.75) is 44.2 Å². The van der Waals surface area contributed by atoms with Gasteiger partial charge in [0.05, 0.1) is 12.1 Å². The summed E-state index contributed by atoms with van der Waals surface area (Å²) in [7, 11) is 0. The van der Waals surface area contributed by atoms with Crippen LogP contribution in [0.4, 0.5) is 0 Å². The van der Waals surface area contributed by atoms with Crippen LogP contribution in [0.25, 0.3) is 0 Å². The minimum Gasteiger partial charge on any atom is -0.370 e. The van der Waals surface area contributed by atoms with E-state index in [0.717, 1.165) is 30.7 Å². The predicted octanol–water partition coefficient (Wildman–Crippen LogP) is 4.69. The Morgan fingerprint density at radius 1 is 1.08 bits per heavy atom. The van der Waals surface area contributed by atoms with Gasteiger partial charge in [-0.1, -0.05) is 60.7 Å². The van der Waals surface area contributed by atoms with Crippen molar-refractivity contribution in [1.82, 2.24) is 4.90 Å². The lowest BCUT2D eigenvalue weighted by Crippen LogP contribution is -2.49. The maximum Gasteiger partial charge on any atom is 0.223 e. The zero-order chi connectivity index (χ0) is 18.0. The first kappa shape index (κ1) is 17.3. The van der Waals surface area contributed by atoms with Crippen LogP contribution in [-0.4, -0.2) is 24.0 Å². The third kappa shape index (κ3) is 3.28. The minimum absolute atomic E-state index is 0.172. The van der Waals surface area contributed by atoms with E-state index in [9.17, 15) is 4.79 Å². The topological polar surface area (TPSA) is 29.5 Å². The molecular formula is C23H27NO2. The molecule has 0 radical (unpaired) electrons. The number of rotatable bonds is 7. The van der Waals surface area contributed by atoms with Crippen LogP contribution in [0.15, 0.2) is 60.7 Å². The van der Waals surface area contributed by atoms with Crippen LogP contribution in [-0.2, 0) is 15.1 Å². The summed E-state index contributed by atoms with van der Waals surface area (Å²) in [4.78, 5) is 14.8. The van der Waals surface area contributed by atoms with Crippen LogP contribution in [0, 0.1) is 5.92 Å². The fraction of sp³-hybridized carbons (Fsp3) is 0.435. The zero-order valence-corrected chi connectivity index (χ0v) is 15.4. The van der Waals surface area contributed by atoms with E-state index in [0.29, 0.717) is 12.3 Å². The second kappa shape index (κ2) is 7.24. The van der Waals surface area contributed by atoms with Gasteiger partial charge in [0, 0.05) is 13.0 Å². The zero-order valence-electron chi connectivity index (χ0n) is 15.4. The van der Waals surface area contributed by atoms with Gasteiger partial charge in [0.15, 0.2) is 0 Å². The largest absolute Gasteiger partial charge is 0.370 e. The average Bonchev–Trinajstić information content (AvgIpc) is 3.41. The lowest BCUT2D eigenvalue weighted by molar-refractivity contribution is -0.142. The molecule has 1 aliphatic carbocycles. The van der Waals surface area contributed by atoms with E-state index in [1.165, 1.54) is 12.8 Å². The van der Waals surface area contributed by atoms with Crippen molar-refractivity contribution in [3.05, 3.63) is 71.8 Å². The molecule has 0 spiro atoms. The molecule has 2 aromatic rings. The molecule has 3 nitrogen and oxygen atoms in total. The third-order valence-electron chi connectivity index (χ3n) is 5.80. The smallest absolute Gasteiger partial charge is 0.223 e. The first-order chi connectivity index (χ1) is 12.7. The molecule has 0 N–H and O–H groups in total. The average molecular weight is 349 g/mol. The molecule has 136 valence electrons. The molecule has 1 amide bonds. The summed E-state index contributed by atoms with van der Waals surface area (Å²) in [6, 6.07) is 20.8. The van der Waals surface area contributed by atoms with E-state index in [-0.39, 0.29) is 12.0 Å². The molecule has 2 aromatic carbocycles. The van der Waals surface area contributed by atoms with Crippen LogP contribution in [0.3, 0.4) is 0 Å². The van der Waals surface area contributed by atoms with E-state index in [1.807, 2.05) is 17.0 Å². The van der Waals surface area contributed by atoms with Gasteiger partial charge in [0.1, 0.15) is 6.10 Å². The highest BCUT2D eigenvalue weighted by atomic mass is 16.5. The van der Waals surface area contributed by atoms with Crippen molar-refractivity contribution in [3.8, 4) is 0 Å². The molecular weight excluding hydrogens is 322 g/mol. The highest BCUT2D eigenvalue weighted by molar-refractivity contribution is 5.79. The highest BCUT2D eigenvalue weighted by Crippen LogP contribution is 2.45. The number of carbonyl (C=O) groups excluding carboxylic acids is 1. The predicted molar refractivity (Wildman–Crippen MR) is 103 cm³/mol. The Kier molecular flexibility index (Phi) is 4.82. The van der Waals surface area contributed by atoms with E-state index in [4.69, 9.17) is 4.74 Å². The summed E-state index contributed by atoms with van der Waals surface area (Å²) >= 11 is 0. The van der Waals surface area contributed by atoms with Crippen LogP contribution < -0.4 is 0 Å². The summed E-state index contributed by atoms with van der Waals surface area (Å²) in [6.07, 6.45) is 3.89. The van der Waals surface area contributed by atoms with Crippen molar-refractivity contribution >= 4 is 5.91 Å². The molecule has 1 saturated carbocycles. The van der Waals surface area contributed by atoms with Crippen molar-refractivity contribution in [1.29, 1.82) is 0 Å². The Bertz CT molecular complexity index is 741. The fourth-order valence-electron chi connectivity index (χ4n) is 4.09. The summed E-state index contributed by atoms with van der Waals surface area (Å²) in [5, 5.41) is 0. The molecule has 1 heterocycles. The number of amides is 1. The van der Waals surface area contributed by atoms with Gasteiger partial charge in [-0.15, -0.1) is 0 Å². The van der Waals surface area contributed by atoms with Gasteiger partial charge in [-0.05, 0) is 43.2 Å². The third-order valence-corrected chi connectivity index (χ3v) is 5.80. The first-order valence-corrected chi connectivity index (χ1v) is 9.72. The van der Waals surface area contributed by atoms with Crippen LogP contribution in [0.2, 0.25) is 0 Å². The van der Waals surface area contributed by atoms with E-state index >= 15 is 0 Å². The molecule has 2 atom stereocenters. The number of hydrogen-bond acceptors (Lipinski definition) is 2. The fourth-order valence-corrected chi connectivity index (χ4v) is 4.09. The molecule has 2 fully saturated rings. The molecule has 26 heavy (non-hydrogen) atoms. The first-order valence-electron chi connectivity index (χ1n) is 9.72. The Hall–Kier alpha value is -2.13. The molecule has 0 bridgehead atoms. The number of ether oxygens (including phenoxy) is 1. The van der Waals surface area contributed by atoms with Gasteiger partial charge in [-0.3, -0.25) is 4.79 Å². The Morgan fingerprint density at radius 2 is 1.73 bits per heavy atom. The maximum absolute atomic E-state index is 12.8. The van der Waals surface area contributed by atoms with Crippen molar-refractivity contribution in [2.24, 2.45) is 5.92 Å². The van der Waals surface area contributed by atoms with Crippen LogP contribution in [0.5, 0.6) is 0 Å². The lowest BCUT2D eigenvalue weighted by Gasteiger charge is -2.45. The van der Waals surface area contributed by atoms with Crippen molar-refractivity contribution in [3.63, 3.8) is 0 Å². The molecule has 4 rings (SSSR count). The Morgan fingerprint density at radius 3 is 2.31 bits per heavy atom. The summed E-state index contributed by atoms with van der Waals surface area (Å²) in [5.74, 6) is 0.905. The van der Waals surface area contributed by atoms with E-state index in [1.54, 1.807) is 0 Å². The van der Waals surface area contributed by atoms with E-state index in [2.05, 4.69) is 55.5 Å². The van der Waals surface area contributed by atoms with Crippen molar-refractivity contribution in [2.75, 3.05) is 13.2 Å². The monoisotopic (exact) mass is 349 g/mol. The second-order valence-electron chi connectivity index (χ2n) is 7.73. The summed E-state index contributed by atoms with van der Waals surface area (Å²) < 4.78 is 6.54. The molecule has 2 unspecified atom stereocenters. The maximum atomic E-state index is 12.8. The van der Waals surface area contributed by atoms with Gasteiger partial charge in [0.25, 0.3) is 0 Å². The summed E-state index contributed by atoms with van der Waals surface area (Å²) in [6.45, 7) is 3.74. The van der Waals surface area contributed by atoms with Gasteiger partial charge in [0.2, 0.25) is 5.91 Å². The quantitative estimate of drug-likeness (QED) is 0.725.